The van der Waals surface area contributed by atoms with Gasteiger partial charge >= 0.3 is 6.09 Å². The van der Waals surface area contributed by atoms with Crippen LogP contribution in [0.25, 0.3) is 11.3 Å². The van der Waals surface area contributed by atoms with Gasteiger partial charge in [-0.05, 0) is 62.3 Å². The summed E-state index contributed by atoms with van der Waals surface area (Å²) in [6.45, 7) is 3.41. The number of amides is 1. The number of halogens is 2. The predicted octanol–water partition coefficient (Wildman–Crippen LogP) is 4.66. The van der Waals surface area contributed by atoms with Gasteiger partial charge in [0.25, 0.3) is 0 Å². The van der Waals surface area contributed by atoms with Gasteiger partial charge < -0.3 is 9.15 Å². The van der Waals surface area contributed by atoms with Gasteiger partial charge in [-0.3, -0.25) is 4.90 Å². The highest BCUT2D eigenvalue weighted by molar-refractivity contribution is 6.30. The van der Waals surface area contributed by atoms with Gasteiger partial charge in [-0.2, -0.15) is 10.1 Å². The third-order valence-corrected chi connectivity index (χ3v) is 5.10. The molecule has 6 nitrogen and oxygen atoms in total. The van der Waals surface area contributed by atoms with Crippen LogP contribution in [0.4, 0.5) is 4.79 Å². The molecule has 4 rings (SSSR count). The van der Waals surface area contributed by atoms with Crippen LogP contribution in [0.15, 0.2) is 45.9 Å². The van der Waals surface area contributed by atoms with Crippen LogP contribution in [0.2, 0.25) is 5.02 Å². The van der Waals surface area contributed by atoms with E-state index in [0.717, 1.165) is 31.0 Å². The molecule has 8 heteroatoms. The summed E-state index contributed by atoms with van der Waals surface area (Å²) in [7, 11) is 0. The molecule has 0 N–H and O–H groups in total. The fourth-order valence-electron chi connectivity index (χ4n) is 3.45. The van der Waals surface area contributed by atoms with E-state index in [2.05, 4.69) is 10.0 Å². The Morgan fingerprint density at radius 3 is 2.61 bits per heavy atom. The van der Waals surface area contributed by atoms with Crippen molar-refractivity contribution in [2.75, 3.05) is 26.2 Å². The number of piperidine rings is 1. The maximum absolute atomic E-state index is 12.0. The first kappa shape index (κ1) is 20.7. The predicted molar refractivity (Wildman–Crippen MR) is 111 cm³/mol. The number of hydrazone groups is 1. The van der Waals surface area contributed by atoms with Crippen molar-refractivity contribution in [2.45, 2.75) is 25.4 Å². The molecule has 1 unspecified atom stereocenters. The molecular formula is C20H23Cl2N3O3. The van der Waals surface area contributed by atoms with Crippen LogP contribution >= 0.6 is 24.0 Å². The second kappa shape index (κ2) is 9.45. The maximum Gasteiger partial charge on any atom is 0.430 e. The second-order valence-corrected chi connectivity index (χ2v) is 7.34. The Morgan fingerprint density at radius 2 is 1.86 bits per heavy atom. The lowest BCUT2D eigenvalue weighted by Gasteiger charge is -2.27. The quantitative estimate of drug-likeness (QED) is 0.655. The van der Waals surface area contributed by atoms with Gasteiger partial charge in [-0.1, -0.05) is 18.0 Å². The summed E-state index contributed by atoms with van der Waals surface area (Å²) in [6, 6.07) is 11.1. The molecule has 28 heavy (non-hydrogen) atoms. The van der Waals surface area contributed by atoms with E-state index in [0.29, 0.717) is 17.3 Å². The summed E-state index contributed by atoms with van der Waals surface area (Å²) >= 11 is 5.91. The molecule has 1 atom stereocenters. The molecule has 150 valence electrons. The summed E-state index contributed by atoms with van der Waals surface area (Å²) in [5.74, 6) is 1.30. The Hall–Kier alpha value is -2.02. The number of nitrogens with zero attached hydrogens (tertiary/aromatic N) is 3. The van der Waals surface area contributed by atoms with E-state index in [-0.39, 0.29) is 18.5 Å². The molecule has 3 heterocycles. The van der Waals surface area contributed by atoms with Crippen molar-refractivity contribution in [2.24, 2.45) is 5.10 Å². The highest BCUT2D eigenvalue weighted by atomic mass is 35.5. The Morgan fingerprint density at radius 1 is 1.11 bits per heavy atom. The molecule has 2 fully saturated rings. The third kappa shape index (κ3) is 5.07. The molecule has 1 amide bonds. The molecule has 1 aromatic carbocycles. The van der Waals surface area contributed by atoms with Crippen molar-refractivity contribution in [3.63, 3.8) is 0 Å². The largest absolute Gasteiger partial charge is 0.455 e. The molecule has 0 radical (unpaired) electrons. The Labute approximate surface area is 175 Å². The Kier molecular flexibility index (Phi) is 6.99. The molecule has 0 aliphatic carbocycles. The number of rotatable bonds is 5. The lowest BCUT2D eigenvalue weighted by Crippen LogP contribution is -2.37. The van der Waals surface area contributed by atoms with Gasteiger partial charge in [0.05, 0.1) is 12.8 Å². The van der Waals surface area contributed by atoms with Crippen molar-refractivity contribution in [1.82, 2.24) is 9.91 Å². The van der Waals surface area contributed by atoms with Crippen molar-refractivity contribution < 1.29 is 13.9 Å². The van der Waals surface area contributed by atoms with Crippen molar-refractivity contribution in [3.8, 4) is 11.3 Å². The molecule has 2 aromatic rings. The summed E-state index contributed by atoms with van der Waals surface area (Å²) in [6.07, 6.45) is 4.74. The molecule has 2 aliphatic heterocycles. The van der Waals surface area contributed by atoms with Gasteiger partial charge in [-0.15, -0.1) is 12.4 Å². The number of hydrogen-bond acceptors (Lipinski definition) is 5. The average molecular weight is 424 g/mol. The molecule has 1 aromatic heterocycles. The first-order chi connectivity index (χ1) is 13.2. The highest BCUT2D eigenvalue weighted by Crippen LogP contribution is 2.23. The number of likely N-dealkylation sites (tertiary alicyclic amines) is 1. The summed E-state index contributed by atoms with van der Waals surface area (Å²) < 4.78 is 11.2. The van der Waals surface area contributed by atoms with Crippen molar-refractivity contribution in [1.29, 1.82) is 0 Å². The van der Waals surface area contributed by atoms with E-state index < -0.39 is 6.09 Å². The summed E-state index contributed by atoms with van der Waals surface area (Å²) in [5, 5.41) is 6.28. The normalized spacial score (nSPS) is 20.4. The molecule has 0 bridgehead atoms. The minimum atomic E-state index is -0.405. The second-order valence-electron chi connectivity index (χ2n) is 6.90. The van der Waals surface area contributed by atoms with Crippen molar-refractivity contribution >= 4 is 36.3 Å². The van der Waals surface area contributed by atoms with Gasteiger partial charge in [-0.25, -0.2) is 4.79 Å². The van der Waals surface area contributed by atoms with Crippen LogP contribution in [0, 0.1) is 0 Å². The van der Waals surface area contributed by atoms with Crippen LogP contribution in [0.1, 0.15) is 25.0 Å². The Bertz CT molecular complexity index is 816. The number of benzene rings is 1. The van der Waals surface area contributed by atoms with E-state index in [4.69, 9.17) is 20.8 Å². The lowest BCUT2D eigenvalue weighted by molar-refractivity contribution is 0.0990. The van der Waals surface area contributed by atoms with E-state index in [9.17, 15) is 4.79 Å². The fourth-order valence-corrected chi connectivity index (χ4v) is 3.57. The smallest absolute Gasteiger partial charge is 0.430 e. The van der Waals surface area contributed by atoms with Gasteiger partial charge in [0, 0.05) is 17.1 Å². The SMILES string of the molecule is Cl.O=C1OC(CN2CCCCC2)CN1/N=C/c1ccc(-c2ccc(Cl)cc2)o1. The van der Waals surface area contributed by atoms with Crippen LogP contribution in [0.5, 0.6) is 0 Å². The first-order valence-corrected chi connectivity index (χ1v) is 9.65. The average Bonchev–Trinajstić information content (AvgIpc) is 3.28. The molecule has 0 saturated carbocycles. The van der Waals surface area contributed by atoms with E-state index >= 15 is 0 Å². The Balaban J connectivity index is 0.00000225. The number of carbonyl (C=O) groups excluding carboxylic acids is 1. The van der Waals surface area contributed by atoms with Gasteiger partial charge in [0.1, 0.15) is 17.6 Å². The number of cyclic esters (lactones) is 1. The lowest BCUT2D eigenvalue weighted by atomic mass is 10.1. The standard InChI is InChI=1S/C20H22ClN3O3.ClH/c21-16-6-4-15(5-7-16)19-9-8-17(26-19)12-22-24-14-18(27-20(24)25)13-23-10-2-1-3-11-23;/h4-9,12,18H,1-3,10-11,13-14H2;1H/b22-12+;. The molecule has 0 spiro atoms. The zero-order valence-corrected chi connectivity index (χ0v) is 17.0. The van der Waals surface area contributed by atoms with Crippen LogP contribution in [-0.2, 0) is 4.74 Å². The minimum Gasteiger partial charge on any atom is -0.455 e. The first-order valence-electron chi connectivity index (χ1n) is 9.28. The summed E-state index contributed by atoms with van der Waals surface area (Å²) in [4.78, 5) is 14.4. The molecular weight excluding hydrogens is 401 g/mol. The number of hydrogen-bond donors (Lipinski definition) is 0. The van der Waals surface area contributed by atoms with Gasteiger partial charge in [0.2, 0.25) is 0 Å². The van der Waals surface area contributed by atoms with Crippen LogP contribution in [-0.4, -0.2) is 54.5 Å². The minimum absolute atomic E-state index is 0. The molecule has 2 aliphatic rings. The summed E-state index contributed by atoms with van der Waals surface area (Å²) in [5.41, 5.74) is 0.932. The number of ether oxygens (including phenoxy) is 1. The zero-order chi connectivity index (χ0) is 18.6. The number of furan rings is 1. The number of carbonyl (C=O) groups is 1. The van der Waals surface area contributed by atoms with Crippen LogP contribution in [0.3, 0.4) is 0 Å². The molecule has 2 saturated heterocycles. The topological polar surface area (TPSA) is 58.3 Å². The van der Waals surface area contributed by atoms with Gasteiger partial charge in [0.15, 0.2) is 0 Å². The maximum atomic E-state index is 12.0. The zero-order valence-electron chi connectivity index (χ0n) is 15.4. The highest BCUT2D eigenvalue weighted by Gasteiger charge is 2.32. The third-order valence-electron chi connectivity index (χ3n) is 4.85. The van der Waals surface area contributed by atoms with E-state index in [1.165, 1.54) is 24.3 Å². The van der Waals surface area contributed by atoms with Crippen LogP contribution < -0.4 is 0 Å². The van der Waals surface area contributed by atoms with Crippen molar-refractivity contribution in [3.05, 3.63) is 47.2 Å². The monoisotopic (exact) mass is 423 g/mol. The fraction of sp³-hybridized carbons (Fsp3) is 0.400. The van der Waals surface area contributed by atoms with E-state index in [1.807, 2.05) is 36.4 Å². The van der Waals surface area contributed by atoms with E-state index in [1.54, 1.807) is 6.21 Å².